The Bertz CT molecular complexity index is 875. The van der Waals surface area contributed by atoms with E-state index < -0.39 is 0 Å². The van der Waals surface area contributed by atoms with Crippen LogP contribution < -0.4 is 4.74 Å². The molecule has 0 saturated carbocycles. The largest absolute Gasteiger partial charge is 0.497 e. The number of nitrogens with zero attached hydrogens (tertiary/aromatic N) is 1. The molecule has 23 heavy (non-hydrogen) atoms. The Hall–Kier alpha value is -2.55. The maximum atomic E-state index is 13.1. The average molecular weight is 305 g/mol. The zero-order chi connectivity index (χ0) is 15.8. The molecule has 0 unspecified atom stereocenters. The van der Waals surface area contributed by atoms with E-state index in [4.69, 9.17) is 4.74 Å². The van der Waals surface area contributed by atoms with Gasteiger partial charge in [-0.3, -0.25) is 4.79 Å². The predicted molar refractivity (Wildman–Crippen MR) is 91.3 cm³/mol. The van der Waals surface area contributed by atoms with Gasteiger partial charge in [0.15, 0.2) is 5.78 Å². The fraction of sp³-hybridized carbons (Fsp3) is 0.250. The normalized spacial score (nSPS) is 13.8. The van der Waals surface area contributed by atoms with E-state index in [0.29, 0.717) is 0 Å². The lowest BCUT2D eigenvalue weighted by Crippen LogP contribution is -2.13. The van der Waals surface area contributed by atoms with Gasteiger partial charge < -0.3 is 9.30 Å². The zero-order valence-electron chi connectivity index (χ0n) is 13.2. The Morgan fingerprint density at radius 1 is 1.04 bits per heavy atom. The van der Waals surface area contributed by atoms with Crippen molar-refractivity contribution >= 4 is 16.7 Å². The van der Waals surface area contributed by atoms with Crippen molar-refractivity contribution in [2.24, 2.45) is 0 Å². The number of hydrogen-bond donors (Lipinski definition) is 0. The lowest BCUT2D eigenvalue weighted by molar-refractivity contribution is 0.103. The smallest absolute Gasteiger partial charge is 0.195 e. The predicted octanol–water partition coefficient (Wildman–Crippen LogP) is 4.22. The number of rotatable bonds is 3. The van der Waals surface area contributed by atoms with Crippen molar-refractivity contribution in [2.45, 2.75) is 25.8 Å². The molecule has 0 bridgehead atoms. The summed E-state index contributed by atoms with van der Waals surface area (Å²) >= 11 is 0. The summed E-state index contributed by atoms with van der Waals surface area (Å²) in [7, 11) is 1.63. The fourth-order valence-electron chi connectivity index (χ4n) is 3.57. The van der Waals surface area contributed by atoms with Crippen molar-refractivity contribution < 1.29 is 9.53 Å². The first-order valence-electron chi connectivity index (χ1n) is 8.08. The molecule has 2 heterocycles. The highest BCUT2D eigenvalue weighted by Gasteiger charge is 2.24. The van der Waals surface area contributed by atoms with Crippen LogP contribution in [-0.2, 0) is 13.0 Å². The number of ether oxygens (including phenoxy) is 1. The van der Waals surface area contributed by atoms with Gasteiger partial charge in [-0.25, -0.2) is 0 Å². The maximum Gasteiger partial charge on any atom is 0.195 e. The van der Waals surface area contributed by atoms with E-state index in [1.54, 1.807) is 7.11 Å². The number of benzene rings is 2. The fourth-order valence-corrected chi connectivity index (χ4v) is 3.57. The van der Waals surface area contributed by atoms with Crippen molar-refractivity contribution in [3.8, 4) is 5.75 Å². The Morgan fingerprint density at radius 3 is 2.61 bits per heavy atom. The molecule has 0 aliphatic carbocycles. The van der Waals surface area contributed by atoms with Crippen LogP contribution in [0.5, 0.6) is 5.75 Å². The van der Waals surface area contributed by atoms with Crippen LogP contribution in [0.3, 0.4) is 0 Å². The summed E-state index contributed by atoms with van der Waals surface area (Å²) in [6.07, 6.45) is 3.31. The number of methoxy groups -OCH3 is 1. The van der Waals surface area contributed by atoms with Gasteiger partial charge in [0.05, 0.1) is 12.7 Å². The van der Waals surface area contributed by atoms with Gasteiger partial charge in [0.2, 0.25) is 0 Å². The number of carbonyl (C=O) groups excluding carboxylic acids is 1. The molecule has 1 aromatic heterocycles. The van der Waals surface area contributed by atoms with Crippen molar-refractivity contribution in [1.29, 1.82) is 0 Å². The molecule has 1 aliphatic rings. The van der Waals surface area contributed by atoms with Gasteiger partial charge >= 0.3 is 0 Å². The highest BCUT2D eigenvalue weighted by molar-refractivity contribution is 6.17. The van der Waals surface area contributed by atoms with Crippen molar-refractivity contribution in [3.63, 3.8) is 0 Å². The van der Waals surface area contributed by atoms with Gasteiger partial charge in [-0.05, 0) is 49.6 Å². The molecule has 116 valence electrons. The molecule has 3 heteroatoms. The van der Waals surface area contributed by atoms with E-state index in [2.05, 4.69) is 16.7 Å². The summed E-state index contributed by atoms with van der Waals surface area (Å²) < 4.78 is 7.51. The first kappa shape index (κ1) is 14.1. The molecule has 0 spiro atoms. The first-order chi connectivity index (χ1) is 11.3. The third-order valence-electron chi connectivity index (χ3n) is 4.70. The van der Waals surface area contributed by atoms with Crippen LogP contribution in [0.2, 0.25) is 0 Å². The quantitative estimate of drug-likeness (QED) is 0.679. The summed E-state index contributed by atoms with van der Waals surface area (Å²) in [4.78, 5) is 13.1. The maximum absolute atomic E-state index is 13.1. The molecule has 1 aliphatic heterocycles. The molecular formula is C20H19NO2. The lowest BCUT2D eigenvalue weighted by Gasteiger charge is -2.17. The minimum atomic E-state index is 0.111. The number of ketones is 1. The Morgan fingerprint density at radius 2 is 1.83 bits per heavy atom. The second-order valence-electron chi connectivity index (χ2n) is 6.01. The number of para-hydroxylation sites is 1. The highest BCUT2D eigenvalue weighted by Crippen LogP contribution is 2.32. The minimum Gasteiger partial charge on any atom is -0.497 e. The highest BCUT2D eigenvalue weighted by atomic mass is 16.5. The molecule has 0 N–H and O–H groups in total. The zero-order valence-corrected chi connectivity index (χ0v) is 13.2. The third kappa shape index (κ3) is 2.24. The van der Waals surface area contributed by atoms with E-state index in [1.165, 1.54) is 17.6 Å². The number of fused-ring (bicyclic) bond motifs is 3. The number of aryl methyl sites for hydroxylation is 1. The van der Waals surface area contributed by atoms with E-state index in [9.17, 15) is 4.79 Å². The summed E-state index contributed by atoms with van der Waals surface area (Å²) in [6.45, 7) is 1.01. The van der Waals surface area contributed by atoms with Crippen LogP contribution in [-0.4, -0.2) is 17.5 Å². The first-order valence-corrected chi connectivity index (χ1v) is 8.08. The SMILES string of the molecule is COc1ccc(C(=O)c2c3n(c4ccccc24)CCCC3)cc1. The van der Waals surface area contributed by atoms with E-state index in [-0.39, 0.29) is 5.78 Å². The number of aromatic nitrogens is 1. The van der Waals surface area contributed by atoms with Gasteiger partial charge in [-0.15, -0.1) is 0 Å². The number of carbonyl (C=O) groups is 1. The molecular weight excluding hydrogens is 286 g/mol. The lowest BCUT2D eigenvalue weighted by atomic mass is 9.97. The van der Waals surface area contributed by atoms with Crippen molar-refractivity contribution in [3.05, 3.63) is 65.4 Å². The van der Waals surface area contributed by atoms with Gasteiger partial charge in [0.1, 0.15) is 5.75 Å². The topological polar surface area (TPSA) is 31.2 Å². The van der Waals surface area contributed by atoms with Gasteiger partial charge in [-0.1, -0.05) is 18.2 Å². The molecule has 3 aromatic rings. The summed E-state index contributed by atoms with van der Waals surface area (Å²) in [5.41, 5.74) is 3.97. The second kappa shape index (κ2) is 5.58. The van der Waals surface area contributed by atoms with Gasteiger partial charge in [-0.2, -0.15) is 0 Å². The standard InChI is InChI=1S/C20H19NO2/c1-23-15-11-9-14(10-12-15)20(22)19-16-6-2-3-7-17(16)21-13-5-4-8-18(19)21/h2-3,6-7,9-12H,4-5,8,13H2,1H3. The van der Waals surface area contributed by atoms with Crippen molar-refractivity contribution in [2.75, 3.05) is 7.11 Å². The van der Waals surface area contributed by atoms with E-state index >= 15 is 0 Å². The molecule has 0 radical (unpaired) electrons. The van der Waals surface area contributed by atoms with Crippen LogP contribution in [0.25, 0.3) is 10.9 Å². The van der Waals surface area contributed by atoms with E-state index in [0.717, 1.165) is 41.6 Å². The van der Waals surface area contributed by atoms with Crippen LogP contribution >= 0.6 is 0 Å². The summed E-state index contributed by atoms with van der Waals surface area (Å²) in [6, 6.07) is 15.6. The van der Waals surface area contributed by atoms with Crippen LogP contribution in [0.15, 0.2) is 48.5 Å². The molecule has 0 atom stereocenters. The molecule has 0 saturated heterocycles. The number of hydrogen-bond acceptors (Lipinski definition) is 2. The molecule has 3 nitrogen and oxygen atoms in total. The monoisotopic (exact) mass is 305 g/mol. The van der Waals surface area contributed by atoms with Crippen LogP contribution in [0.4, 0.5) is 0 Å². The minimum absolute atomic E-state index is 0.111. The third-order valence-corrected chi connectivity index (χ3v) is 4.70. The molecule has 0 amide bonds. The van der Waals surface area contributed by atoms with Gasteiger partial charge in [0, 0.05) is 28.7 Å². The average Bonchev–Trinajstić information content (AvgIpc) is 2.96. The molecule has 0 fully saturated rings. The molecule has 4 rings (SSSR count). The Balaban J connectivity index is 1.88. The Kier molecular flexibility index (Phi) is 3.41. The van der Waals surface area contributed by atoms with E-state index in [1.807, 2.05) is 36.4 Å². The molecule has 2 aromatic carbocycles. The van der Waals surface area contributed by atoms with Crippen molar-refractivity contribution in [1.82, 2.24) is 4.57 Å². The summed E-state index contributed by atoms with van der Waals surface area (Å²) in [5.74, 6) is 0.879. The Labute approximate surface area is 135 Å². The van der Waals surface area contributed by atoms with Gasteiger partial charge in [0.25, 0.3) is 0 Å². The summed E-state index contributed by atoms with van der Waals surface area (Å²) in [5, 5.41) is 1.07. The van der Waals surface area contributed by atoms with Crippen LogP contribution in [0.1, 0.15) is 34.5 Å². The second-order valence-corrected chi connectivity index (χ2v) is 6.01. The van der Waals surface area contributed by atoms with Crippen LogP contribution in [0, 0.1) is 0 Å².